The summed E-state index contributed by atoms with van der Waals surface area (Å²) in [6.45, 7) is 7.84. The highest BCUT2D eigenvalue weighted by Crippen LogP contribution is 2.14. The molecule has 20 heavy (non-hydrogen) atoms. The van der Waals surface area contributed by atoms with Crippen molar-refractivity contribution in [3.8, 4) is 0 Å². The lowest BCUT2D eigenvalue weighted by Crippen LogP contribution is -2.46. The van der Waals surface area contributed by atoms with E-state index >= 15 is 0 Å². The Kier molecular flexibility index (Phi) is 5.40. The highest BCUT2D eigenvalue weighted by Gasteiger charge is 2.22. The van der Waals surface area contributed by atoms with Crippen molar-refractivity contribution in [1.82, 2.24) is 19.8 Å². The summed E-state index contributed by atoms with van der Waals surface area (Å²) >= 11 is 0. The van der Waals surface area contributed by atoms with Crippen molar-refractivity contribution < 1.29 is 9.53 Å². The second-order valence-electron chi connectivity index (χ2n) is 5.38. The third-order valence-electron chi connectivity index (χ3n) is 3.59. The SMILES string of the molecule is CCN(C[C@@H]1CCOC1)C(=O)N[C@@H](C)Cn1ccnc1. The van der Waals surface area contributed by atoms with Crippen LogP contribution in [0.5, 0.6) is 0 Å². The van der Waals surface area contributed by atoms with Gasteiger partial charge in [0.25, 0.3) is 0 Å². The maximum Gasteiger partial charge on any atom is 0.317 e. The lowest BCUT2D eigenvalue weighted by Gasteiger charge is -2.26. The van der Waals surface area contributed by atoms with Crippen LogP contribution in [0.25, 0.3) is 0 Å². The number of nitrogens with one attached hydrogen (secondary N) is 1. The lowest BCUT2D eigenvalue weighted by molar-refractivity contribution is 0.164. The van der Waals surface area contributed by atoms with E-state index in [0.29, 0.717) is 5.92 Å². The molecule has 6 nitrogen and oxygen atoms in total. The van der Waals surface area contributed by atoms with E-state index in [2.05, 4.69) is 10.3 Å². The van der Waals surface area contributed by atoms with Gasteiger partial charge in [-0.15, -0.1) is 0 Å². The molecule has 1 aromatic heterocycles. The highest BCUT2D eigenvalue weighted by atomic mass is 16.5. The van der Waals surface area contributed by atoms with Crippen LogP contribution in [0.4, 0.5) is 4.79 Å². The van der Waals surface area contributed by atoms with Gasteiger partial charge in [0.15, 0.2) is 0 Å². The number of carbonyl (C=O) groups excluding carboxylic acids is 1. The van der Waals surface area contributed by atoms with Crippen molar-refractivity contribution in [2.75, 3.05) is 26.3 Å². The predicted molar refractivity (Wildman–Crippen MR) is 76.4 cm³/mol. The van der Waals surface area contributed by atoms with Gasteiger partial charge in [0.05, 0.1) is 12.9 Å². The minimum atomic E-state index is 0.00650. The molecule has 1 N–H and O–H groups in total. The molecule has 6 heteroatoms. The van der Waals surface area contributed by atoms with Crippen molar-refractivity contribution in [2.45, 2.75) is 32.9 Å². The average molecular weight is 280 g/mol. The van der Waals surface area contributed by atoms with Crippen LogP contribution in [0.15, 0.2) is 18.7 Å². The third-order valence-corrected chi connectivity index (χ3v) is 3.59. The number of hydrogen-bond donors (Lipinski definition) is 1. The highest BCUT2D eigenvalue weighted by molar-refractivity contribution is 5.74. The zero-order valence-corrected chi connectivity index (χ0v) is 12.3. The molecule has 1 aliphatic heterocycles. The Labute approximate surface area is 120 Å². The first-order valence-corrected chi connectivity index (χ1v) is 7.28. The molecule has 0 aliphatic carbocycles. The molecule has 2 heterocycles. The molecule has 0 aromatic carbocycles. The number of hydrogen-bond acceptors (Lipinski definition) is 3. The van der Waals surface area contributed by atoms with E-state index in [1.54, 1.807) is 12.5 Å². The van der Waals surface area contributed by atoms with Crippen molar-refractivity contribution >= 4 is 6.03 Å². The van der Waals surface area contributed by atoms with E-state index in [1.165, 1.54) is 0 Å². The summed E-state index contributed by atoms with van der Waals surface area (Å²) in [5.74, 6) is 0.477. The average Bonchev–Trinajstić information content (AvgIpc) is 3.08. The smallest absolute Gasteiger partial charge is 0.317 e. The first kappa shape index (κ1) is 14.8. The molecule has 1 fully saturated rings. The fourth-order valence-corrected chi connectivity index (χ4v) is 2.45. The van der Waals surface area contributed by atoms with E-state index in [1.807, 2.05) is 29.5 Å². The van der Waals surface area contributed by atoms with Crippen LogP contribution in [0, 0.1) is 5.92 Å². The van der Waals surface area contributed by atoms with Crippen molar-refractivity contribution in [3.05, 3.63) is 18.7 Å². The van der Waals surface area contributed by atoms with Gasteiger partial charge in [-0.3, -0.25) is 0 Å². The van der Waals surface area contributed by atoms with E-state index < -0.39 is 0 Å². The van der Waals surface area contributed by atoms with Gasteiger partial charge in [0.2, 0.25) is 0 Å². The number of amides is 2. The van der Waals surface area contributed by atoms with Gasteiger partial charge >= 0.3 is 6.03 Å². The van der Waals surface area contributed by atoms with Crippen molar-refractivity contribution in [1.29, 1.82) is 0 Å². The van der Waals surface area contributed by atoms with Gasteiger partial charge in [0.1, 0.15) is 0 Å². The second-order valence-corrected chi connectivity index (χ2v) is 5.38. The largest absolute Gasteiger partial charge is 0.381 e. The summed E-state index contributed by atoms with van der Waals surface area (Å²) in [6.07, 6.45) is 6.45. The molecule has 1 aliphatic rings. The minimum absolute atomic E-state index is 0.00650. The monoisotopic (exact) mass is 280 g/mol. The fraction of sp³-hybridized carbons (Fsp3) is 0.714. The van der Waals surface area contributed by atoms with Crippen LogP contribution in [0.3, 0.4) is 0 Å². The van der Waals surface area contributed by atoms with Crippen LogP contribution >= 0.6 is 0 Å². The topological polar surface area (TPSA) is 59.4 Å². The lowest BCUT2D eigenvalue weighted by atomic mass is 10.1. The number of urea groups is 1. The number of aromatic nitrogens is 2. The number of nitrogens with zero attached hydrogens (tertiary/aromatic N) is 3. The Morgan fingerprint density at radius 3 is 3.10 bits per heavy atom. The normalized spacial score (nSPS) is 19.8. The second kappa shape index (κ2) is 7.28. The van der Waals surface area contributed by atoms with E-state index in [9.17, 15) is 4.79 Å². The summed E-state index contributed by atoms with van der Waals surface area (Å²) in [4.78, 5) is 18.1. The molecule has 112 valence electrons. The Morgan fingerprint density at radius 2 is 2.50 bits per heavy atom. The first-order valence-electron chi connectivity index (χ1n) is 7.28. The number of rotatable bonds is 6. The van der Waals surface area contributed by atoms with Crippen LogP contribution < -0.4 is 5.32 Å². The molecule has 2 amide bonds. The number of carbonyl (C=O) groups is 1. The van der Waals surface area contributed by atoms with Crippen molar-refractivity contribution in [2.24, 2.45) is 5.92 Å². The summed E-state index contributed by atoms with van der Waals surface area (Å²) in [6, 6.07) is 0.0811. The van der Waals surface area contributed by atoms with Gasteiger partial charge in [0, 0.05) is 50.6 Å². The molecule has 1 aromatic rings. The van der Waals surface area contributed by atoms with Crippen LogP contribution in [-0.4, -0.2) is 52.8 Å². The van der Waals surface area contributed by atoms with Gasteiger partial charge in [-0.1, -0.05) is 0 Å². The van der Waals surface area contributed by atoms with E-state index in [-0.39, 0.29) is 12.1 Å². The summed E-state index contributed by atoms with van der Waals surface area (Å²) < 4.78 is 7.33. The Bertz CT molecular complexity index is 401. The predicted octanol–water partition coefficient (Wildman–Crippen LogP) is 1.34. The van der Waals surface area contributed by atoms with Gasteiger partial charge in [-0.2, -0.15) is 0 Å². The maximum absolute atomic E-state index is 12.3. The van der Waals surface area contributed by atoms with E-state index in [4.69, 9.17) is 4.74 Å². The first-order chi connectivity index (χ1) is 9.69. The molecular formula is C14H24N4O2. The maximum atomic E-state index is 12.3. The molecule has 2 rings (SSSR count). The molecule has 0 spiro atoms. The molecule has 0 saturated carbocycles. The summed E-state index contributed by atoms with van der Waals surface area (Å²) in [5.41, 5.74) is 0. The van der Waals surface area contributed by atoms with Gasteiger partial charge < -0.3 is 19.5 Å². The van der Waals surface area contributed by atoms with Gasteiger partial charge in [-0.05, 0) is 20.3 Å². The summed E-state index contributed by atoms with van der Waals surface area (Å²) in [7, 11) is 0. The zero-order chi connectivity index (χ0) is 14.4. The Morgan fingerprint density at radius 1 is 1.65 bits per heavy atom. The molecule has 1 saturated heterocycles. The molecule has 2 atom stereocenters. The zero-order valence-electron chi connectivity index (χ0n) is 12.3. The third kappa shape index (κ3) is 4.23. The number of ether oxygens (including phenoxy) is 1. The Balaban J connectivity index is 1.78. The van der Waals surface area contributed by atoms with Crippen LogP contribution in [0.1, 0.15) is 20.3 Å². The Hall–Kier alpha value is -1.56. The van der Waals surface area contributed by atoms with Crippen LogP contribution in [-0.2, 0) is 11.3 Å². The molecule has 0 bridgehead atoms. The summed E-state index contributed by atoms with van der Waals surface area (Å²) in [5, 5.41) is 3.04. The fourth-order valence-electron chi connectivity index (χ4n) is 2.45. The molecular weight excluding hydrogens is 256 g/mol. The van der Waals surface area contributed by atoms with Crippen molar-refractivity contribution in [3.63, 3.8) is 0 Å². The minimum Gasteiger partial charge on any atom is -0.381 e. The molecule has 0 radical (unpaired) electrons. The molecule has 0 unspecified atom stereocenters. The number of imidazole rings is 1. The van der Waals surface area contributed by atoms with Gasteiger partial charge in [-0.25, -0.2) is 9.78 Å². The standard InChI is InChI=1S/C14H24N4O2/c1-3-18(9-13-4-7-20-10-13)14(19)16-12(2)8-17-6-5-15-11-17/h5-6,11-13H,3-4,7-10H2,1-2H3,(H,16,19)/t12-,13-/m0/s1. The van der Waals surface area contributed by atoms with Crippen LogP contribution in [0.2, 0.25) is 0 Å². The van der Waals surface area contributed by atoms with E-state index in [0.717, 1.165) is 39.3 Å². The quantitative estimate of drug-likeness (QED) is 0.855.